The Morgan fingerprint density at radius 2 is 2.09 bits per heavy atom. The summed E-state index contributed by atoms with van der Waals surface area (Å²) >= 11 is 0. The average molecular weight is 307 g/mol. The Morgan fingerprint density at radius 1 is 1.22 bits per heavy atom. The van der Waals surface area contributed by atoms with Gasteiger partial charge in [0.1, 0.15) is 5.75 Å². The number of carbonyl (C=O) groups excluding carboxylic acids is 1. The lowest BCUT2D eigenvalue weighted by molar-refractivity contribution is -0.117. The van der Waals surface area contributed by atoms with E-state index in [2.05, 4.69) is 23.5 Å². The first-order valence-corrected chi connectivity index (χ1v) is 7.97. The van der Waals surface area contributed by atoms with Gasteiger partial charge in [-0.3, -0.25) is 4.79 Å². The molecule has 0 unspecified atom stereocenters. The van der Waals surface area contributed by atoms with Crippen molar-refractivity contribution >= 4 is 12.0 Å². The molecule has 2 aromatic carbocycles. The summed E-state index contributed by atoms with van der Waals surface area (Å²) in [5, 5.41) is 3.12. The van der Waals surface area contributed by atoms with E-state index in [-0.39, 0.29) is 11.9 Å². The molecule has 0 aromatic heterocycles. The van der Waals surface area contributed by atoms with Gasteiger partial charge >= 0.3 is 0 Å². The number of methoxy groups -OCH3 is 1. The number of benzene rings is 2. The molecule has 0 fully saturated rings. The smallest absolute Gasteiger partial charge is 0.244 e. The summed E-state index contributed by atoms with van der Waals surface area (Å²) in [6.07, 6.45) is 6.61. The Balaban J connectivity index is 1.67. The van der Waals surface area contributed by atoms with Crippen LogP contribution in [0.15, 0.2) is 54.6 Å². The van der Waals surface area contributed by atoms with Crippen LogP contribution in [0, 0.1) is 0 Å². The van der Waals surface area contributed by atoms with E-state index in [0.717, 1.165) is 30.6 Å². The number of hydrogen-bond acceptors (Lipinski definition) is 2. The van der Waals surface area contributed by atoms with Gasteiger partial charge in [-0.2, -0.15) is 0 Å². The van der Waals surface area contributed by atoms with Gasteiger partial charge in [-0.1, -0.05) is 36.4 Å². The highest BCUT2D eigenvalue weighted by Crippen LogP contribution is 2.29. The summed E-state index contributed by atoms with van der Waals surface area (Å²) in [6, 6.07) is 16.1. The second-order valence-electron chi connectivity index (χ2n) is 5.76. The molecule has 0 aliphatic heterocycles. The summed E-state index contributed by atoms with van der Waals surface area (Å²) in [5.74, 6) is 0.725. The minimum atomic E-state index is -0.0606. The van der Waals surface area contributed by atoms with E-state index in [1.807, 2.05) is 36.4 Å². The second-order valence-corrected chi connectivity index (χ2v) is 5.76. The van der Waals surface area contributed by atoms with Crippen LogP contribution in [0.4, 0.5) is 0 Å². The highest BCUT2D eigenvalue weighted by Gasteiger charge is 2.20. The summed E-state index contributed by atoms with van der Waals surface area (Å²) in [4.78, 5) is 12.2. The minimum absolute atomic E-state index is 0.0606. The molecule has 3 rings (SSSR count). The first-order chi connectivity index (χ1) is 11.3. The van der Waals surface area contributed by atoms with Crippen molar-refractivity contribution in [3.8, 4) is 5.75 Å². The number of amides is 1. The zero-order valence-electron chi connectivity index (χ0n) is 13.3. The quantitative estimate of drug-likeness (QED) is 0.870. The Hall–Kier alpha value is -2.55. The Labute approximate surface area is 137 Å². The molecule has 0 heterocycles. The zero-order chi connectivity index (χ0) is 16.1. The van der Waals surface area contributed by atoms with Gasteiger partial charge in [0.15, 0.2) is 0 Å². The molecule has 0 saturated heterocycles. The van der Waals surface area contributed by atoms with E-state index in [1.165, 1.54) is 11.1 Å². The van der Waals surface area contributed by atoms with Gasteiger partial charge in [-0.25, -0.2) is 0 Å². The largest absolute Gasteiger partial charge is 0.497 e. The molecule has 3 heteroatoms. The van der Waals surface area contributed by atoms with Crippen LogP contribution in [-0.4, -0.2) is 13.0 Å². The molecule has 0 radical (unpaired) electrons. The number of aryl methyl sites for hydroxylation is 1. The predicted molar refractivity (Wildman–Crippen MR) is 92.3 cm³/mol. The number of nitrogens with one attached hydrogen (secondary N) is 1. The molecule has 1 aliphatic rings. The summed E-state index contributed by atoms with van der Waals surface area (Å²) in [5.41, 5.74) is 3.55. The molecule has 3 nitrogen and oxygen atoms in total. The third kappa shape index (κ3) is 3.81. The highest BCUT2D eigenvalue weighted by atomic mass is 16.5. The van der Waals surface area contributed by atoms with E-state index in [9.17, 15) is 4.79 Å². The van der Waals surface area contributed by atoms with Crippen LogP contribution in [0.3, 0.4) is 0 Å². The molecule has 0 bridgehead atoms. The van der Waals surface area contributed by atoms with Gasteiger partial charge in [0, 0.05) is 6.08 Å². The lowest BCUT2D eigenvalue weighted by Gasteiger charge is -2.25. The molecule has 23 heavy (non-hydrogen) atoms. The van der Waals surface area contributed by atoms with E-state index in [1.54, 1.807) is 13.2 Å². The van der Waals surface area contributed by atoms with Crippen LogP contribution in [0.5, 0.6) is 5.75 Å². The summed E-state index contributed by atoms with van der Waals surface area (Å²) in [6.45, 7) is 0. The minimum Gasteiger partial charge on any atom is -0.497 e. The standard InChI is InChI=1S/C20H21NO2/c1-23-17-9-4-6-15(14-17)12-13-20(22)21-19-11-5-8-16-7-2-3-10-18(16)19/h2-4,6-7,9-10,12-14,19H,5,8,11H2,1H3,(H,21,22)/b13-12+/t19-/m0/s1. The van der Waals surface area contributed by atoms with Crippen molar-refractivity contribution in [1.82, 2.24) is 5.32 Å². The van der Waals surface area contributed by atoms with Gasteiger partial charge in [0.05, 0.1) is 13.2 Å². The Kier molecular flexibility index (Phi) is 4.77. The normalized spacial score (nSPS) is 16.8. The number of fused-ring (bicyclic) bond motifs is 1. The summed E-state index contributed by atoms with van der Waals surface area (Å²) in [7, 11) is 1.63. The maximum Gasteiger partial charge on any atom is 0.244 e. The third-order valence-electron chi connectivity index (χ3n) is 4.21. The molecule has 1 N–H and O–H groups in total. The van der Waals surface area contributed by atoms with Gasteiger partial charge in [0.2, 0.25) is 5.91 Å². The lowest BCUT2D eigenvalue weighted by Crippen LogP contribution is -2.29. The number of rotatable bonds is 4. The Morgan fingerprint density at radius 3 is 2.96 bits per heavy atom. The fourth-order valence-electron chi connectivity index (χ4n) is 3.04. The van der Waals surface area contributed by atoms with Crippen molar-refractivity contribution in [2.45, 2.75) is 25.3 Å². The highest BCUT2D eigenvalue weighted by molar-refractivity contribution is 5.92. The molecule has 1 atom stereocenters. The number of ether oxygens (including phenoxy) is 1. The van der Waals surface area contributed by atoms with Gasteiger partial charge < -0.3 is 10.1 Å². The second kappa shape index (κ2) is 7.14. The van der Waals surface area contributed by atoms with Gasteiger partial charge in [0.25, 0.3) is 0 Å². The molecule has 1 amide bonds. The maximum atomic E-state index is 12.2. The topological polar surface area (TPSA) is 38.3 Å². The molecule has 0 saturated carbocycles. The molecule has 0 spiro atoms. The van der Waals surface area contributed by atoms with Crippen LogP contribution in [-0.2, 0) is 11.2 Å². The summed E-state index contributed by atoms with van der Waals surface area (Å²) < 4.78 is 5.19. The van der Waals surface area contributed by atoms with Crippen molar-refractivity contribution in [2.24, 2.45) is 0 Å². The van der Waals surface area contributed by atoms with E-state index in [4.69, 9.17) is 4.74 Å². The molecular formula is C20H21NO2. The number of carbonyl (C=O) groups is 1. The fourth-order valence-corrected chi connectivity index (χ4v) is 3.04. The molecule has 118 valence electrons. The molecule has 2 aromatic rings. The van der Waals surface area contributed by atoms with Crippen molar-refractivity contribution in [1.29, 1.82) is 0 Å². The third-order valence-corrected chi connectivity index (χ3v) is 4.21. The van der Waals surface area contributed by atoms with Crippen LogP contribution < -0.4 is 10.1 Å². The predicted octanol–water partition coefficient (Wildman–Crippen LogP) is 3.90. The fraction of sp³-hybridized carbons (Fsp3) is 0.250. The van der Waals surface area contributed by atoms with Crippen molar-refractivity contribution < 1.29 is 9.53 Å². The maximum absolute atomic E-state index is 12.2. The van der Waals surface area contributed by atoms with Crippen LogP contribution in [0.1, 0.15) is 35.6 Å². The van der Waals surface area contributed by atoms with Crippen LogP contribution in [0.2, 0.25) is 0 Å². The van der Waals surface area contributed by atoms with Crippen molar-refractivity contribution in [3.05, 3.63) is 71.3 Å². The molecule has 1 aliphatic carbocycles. The first-order valence-electron chi connectivity index (χ1n) is 7.97. The van der Waals surface area contributed by atoms with E-state index in [0.29, 0.717) is 0 Å². The van der Waals surface area contributed by atoms with Crippen LogP contribution >= 0.6 is 0 Å². The lowest BCUT2D eigenvalue weighted by atomic mass is 9.88. The Bertz CT molecular complexity index is 721. The van der Waals surface area contributed by atoms with E-state index < -0.39 is 0 Å². The van der Waals surface area contributed by atoms with Crippen molar-refractivity contribution in [3.63, 3.8) is 0 Å². The average Bonchev–Trinajstić information content (AvgIpc) is 2.60. The first kappa shape index (κ1) is 15.3. The van der Waals surface area contributed by atoms with Gasteiger partial charge in [-0.05, 0) is 54.2 Å². The monoisotopic (exact) mass is 307 g/mol. The van der Waals surface area contributed by atoms with Gasteiger partial charge in [-0.15, -0.1) is 0 Å². The van der Waals surface area contributed by atoms with Crippen molar-refractivity contribution in [2.75, 3.05) is 7.11 Å². The van der Waals surface area contributed by atoms with Crippen LogP contribution in [0.25, 0.3) is 6.08 Å². The van der Waals surface area contributed by atoms with E-state index >= 15 is 0 Å². The number of hydrogen-bond donors (Lipinski definition) is 1. The zero-order valence-corrected chi connectivity index (χ0v) is 13.3. The molecular weight excluding hydrogens is 286 g/mol. The SMILES string of the molecule is COc1cccc(/C=C/C(=O)N[C@H]2CCCc3ccccc32)c1.